The van der Waals surface area contributed by atoms with Crippen molar-refractivity contribution in [3.63, 3.8) is 0 Å². The predicted octanol–water partition coefficient (Wildman–Crippen LogP) is 5.07. The van der Waals surface area contributed by atoms with E-state index in [4.69, 9.17) is 9.72 Å². The number of amides is 2. The van der Waals surface area contributed by atoms with Gasteiger partial charge in [-0.25, -0.2) is 4.98 Å². The van der Waals surface area contributed by atoms with E-state index in [9.17, 15) is 9.59 Å². The Morgan fingerprint density at radius 2 is 1.94 bits per heavy atom. The van der Waals surface area contributed by atoms with Gasteiger partial charge in [-0.15, -0.1) is 0 Å². The van der Waals surface area contributed by atoms with E-state index in [0.29, 0.717) is 36.0 Å². The smallest absolute Gasteiger partial charge is 0.265 e. The Morgan fingerprint density at radius 3 is 2.72 bits per heavy atom. The van der Waals surface area contributed by atoms with Crippen LogP contribution >= 0.6 is 11.3 Å². The topological polar surface area (TPSA) is 62.7 Å². The number of hydrogen-bond acceptors (Lipinski definition) is 5. The van der Waals surface area contributed by atoms with Crippen molar-refractivity contribution in [3.8, 4) is 5.75 Å². The van der Waals surface area contributed by atoms with Gasteiger partial charge >= 0.3 is 0 Å². The fourth-order valence-electron chi connectivity index (χ4n) is 4.09. The summed E-state index contributed by atoms with van der Waals surface area (Å²) >= 11 is 1.45. The molecule has 4 aromatic rings. The number of likely N-dealkylation sites (tertiary alicyclic amines) is 1. The lowest BCUT2D eigenvalue weighted by atomic mass is 10.0. The molecule has 1 aliphatic rings. The molecule has 2 amide bonds. The van der Waals surface area contributed by atoms with E-state index in [1.165, 1.54) is 11.3 Å². The second kappa shape index (κ2) is 8.59. The molecule has 0 N–H and O–H groups in total. The van der Waals surface area contributed by atoms with Crippen LogP contribution in [0.2, 0.25) is 0 Å². The molecule has 6 nitrogen and oxygen atoms in total. The van der Waals surface area contributed by atoms with Crippen LogP contribution in [0.3, 0.4) is 0 Å². The SMILES string of the molecule is CCOc1ccc2ccccc2c1C(=O)N(CN1CCCC1=O)c1nc2ccccc2s1. The third-order valence-electron chi connectivity index (χ3n) is 5.65. The van der Waals surface area contributed by atoms with Crippen molar-refractivity contribution in [1.82, 2.24) is 9.88 Å². The first-order chi connectivity index (χ1) is 15.7. The predicted molar refractivity (Wildman–Crippen MR) is 127 cm³/mol. The quantitative estimate of drug-likeness (QED) is 0.415. The minimum absolute atomic E-state index is 0.0619. The Kier molecular flexibility index (Phi) is 5.49. The molecule has 1 aromatic heterocycles. The summed E-state index contributed by atoms with van der Waals surface area (Å²) in [4.78, 5) is 34.6. The lowest BCUT2D eigenvalue weighted by Gasteiger charge is -2.27. The zero-order chi connectivity index (χ0) is 22.1. The summed E-state index contributed by atoms with van der Waals surface area (Å²) in [5.74, 6) is 0.380. The summed E-state index contributed by atoms with van der Waals surface area (Å²) in [7, 11) is 0. The molecule has 5 rings (SSSR count). The number of ether oxygens (including phenoxy) is 1. The van der Waals surface area contributed by atoms with Crippen LogP contribution in [0.1, 0.15) is 30.1 Å². The third-order valence-corrected chi connectivity index (χ3v) is 6.71. The van der Waals surface area contributed by atoms with Crippen molar-refractivity contribution >= 4 is 49.3 Å². The fourth-order valence-corrected chi connectivity index (χ4v) is 5.05. The summed E-state index contributed by atoms with van der Waals surface area (Å²) in [6, 6.07) is 19.4. The first-order valence-electron chi connectivity index (χ1n) is 10.8. The van der Waals surface area contributed by atoms with E-state index >= 15 is 0 Å². The molecule has 2 heterocycles. The lowest BCUT2D eigenvalue weighted by Crippen LogP contribution is -2.42. The minimum atomic E-state index is -0.219. The number of benzene rings is 3. The number of para-hydroxylation sites is 1. The highest BCUT2D eigenvalue weighted by Crippen LogP contribution is 2.34. The maximum absolute atomic E-state index is 14.1. The third kappa shape index (κ3) is 3.69. The molecule has 0 unspecified atom stereocenters. The normalized spacial score (nSPS) is 13.8. The Morgan fingerprint density at radius 1 is 1.12 bits per heavy atom. The van der Waals surface area contributed by atoms with E-state index in [1.807, 2.05) is 67.6 Å². The highest BCUT2D eigenvalue weighted by Gasteiger charge is 2.30. The Hall–Kier alpha value is -3.45. The van der Waals surface area contributed by atoms with Crippen molar-refractivity contribution in [1.29, 1.82) is 0 Å². The fraction of sp³-hybridized carbons (Fsp3) is 0.240. The maximum Gasteiger partial charge on any atom is 0.265 e. The van der Waals surface area contributed by atoms with Crippen LogP contribution in [0, 0.1) is 0 Å². The second-order valence-electron chi connectivity index (χ2n) is 7.69. The average molecular weight is 446 g/mol. The van der Waals surface area contributed by atoms with E-state index in [-0.39, 0.29) is 18.5 Å². The van der Waals surface area contributed by atoms with Crippen molar-refractivity contribution in [2.45, 2.75) is 19.8 Å². The van der Waals surface area contributed by atoms with E-state index in [1.54, 1.807) is 9.80 Å². The van der Waals surface area contributed by atoms with Crippen LogP contribution < -0.4 is 9.64 Å². The van der Waals surface area contributed by atoms with Crippen LogP contribution in [0.15, 0.2) is 60.7 Å². The van der Waals surface area contributed by atoms with Crippen LogP contribution in [-0.4, -0.2) is 41.5 Å². The number of aromatic nitrogens is 1. The van der Waals surface area contributed by atoms with Gasteiger partial charge < -0.3 is 9.64 Å². The molecule has 1 saturated heterocycles. The number of carbonyl (C=O) groups is 2. The number of fused-ring (bicyclic) bond motifs is 2. The summed E-state index contributed by atoms with van der Waals surface area (Å²) in [5, 5.41) is 2.36. The molecule has 0 saturated carbocycles. The van der Waals surface area contributed by atoms with E-state index in [2.05, 4.69) is 0 Å². The van der Waals surface area contributed by atoms with Gasteiger partial charge in [0.1, 0.15) is 12.4 Å². The molecule has 0 spiro atoms. The summed E-state index contributed by atoms with van der Waals surface area (Å²) in [5.41, 5.74) is 1.33. The Labute approximate surface area is 190 Å². The van der Waals surface area contributed by atoms with Crippen molar-refractivity contribution in [2.24, 2.45) is 0 Å². The zero-order valence-electron chi connectivity index (χ0n) is 17.8. The van der Waals surface area contributed by atoms with Gasteiger partial charge in [-0.3, -0.25) is 14.5 Å². The van der Waals surface area contributed by atoms with Gasteiger partial charge in [-0.1, -0.05) is 53.8 Å². The minimum Gasteiger partial charge on any atom is -0.493 e. The Bertz CT molecular complexity index is 1280. The molecular formula is C25H23N3O3S. The lowest BCUT2D eigenvalue weighted by molar-refractivity contribution is -0.127. The van der Waals surface area contributed by atoms with Gasteiger partial charge in [0, 0.05) is 13.0 Å². The molecule has 32 heavy (non-hydrogen) atoms. The molecule has 0 atom stereocenters. The van der Waals surface area contributed by atoms with E-state index < -0.39 is 0 Å². The van der Waals surface area contributed by atoms with Gasteiger partial charge in [0.25, 0.3) is 5.91 Å². The largest absolute Gasteiger partial charge is 0.493 e. The molecular weight excluding hydrogens is 422 g/mol. The molecule has 1 fully saturated rings. The Balaban J connectivity index is 1.65. The molecule has 7 heteroatoms. The van der Waals surface area contributed by atoms with Gasteiger partial charge in [0.15, 0.2) is 5.13 Å². The molecule has 162 valence electrons. The summed E-state index contributed by atoms with van der Waals surface area (Å²) in [6.07, 6.45) is 1.32. The molecule has 0 bridgehead atoms. The standard InChI is InChI=1S/C25H23N3O3S/c1-2-31-20-14-13-17-8-3-4-9-18(17)23(20)24(30)28(16-27-15-7-12-22(27)29)25-26-19-10-5-6-11-21(19)32-25/h3-6,8-11,13-14H,2,7,12,15-16H2,1H3. The number of nitrogens with zero attached hydrogens (tertiary/aromatic N) is 3. The highest BCUT2D eigenvalue weighted by molar-refractivity contribution is 7.22. The van der Waals surface area contributed by atoms with Crippen LogP contribution in [0.5, 0.6) is 5.75 Å². The number of anilines is 1. The number of rotatable bonds is 6. The summed E-state index contributed by atoms with van der Waals surface area (Å²) in [6.45, 7) is 3.16. The first kappa shape index (κ1) is 20.5. The number of hydrogen-bond donors (Lipinski definition) is 0. The second-order valence-corrected chi connectivity index (χ2v) is 8.70. The molecule has 0 radical (unpaired) electrons. The molecule has 3 aromatic carbocycles. The number of thiazole rings is 1. The highest BCUT2D eigenvalue weighted by atomic mass is 32.1. The van der Waals surface area contributed by atoms with Gasteiger partial charge in [-0.2, -0.15) is 0 Å². The van der Waals surface area contributed by atoms with Crippen molar-refractivity contribution in [3.05, 3.63) is 66.2 Å². The average Bonchev–Trinajstić information content (AvgIpc) is 3.42. The van der Waals surface area contributed by atoms with Crippen LogP contribution in [-0.2, 0) is 4.79 Å². The molecule has 0 aliphatic carbocycles. The van der Waals surface area contributed by atoms with Gasteiger partial charge in [-0.05, 0) is 42.3 Å². The van der Waals surface area contributed by atoms with Crippen molar-refractivity contribution in [2.75, 3.05) is 24.7 Å². The van der Waals surface area contributed by atoms with Crippen LogP contribution in [0.4, 0.5) is 5.13 Å². The van der Waals surface area contributed by atoms with Crippen LogP contribution in [0.25, 0.3) is 21.0 Å². The van der Waals surface area contributed by atoms with Crippen molar-refractivity contribution < 1.29 is 14.3 Å². The summed E-state index contributed by atoms with van der Waals surface area (Å²) < 4.78 is 6.85. The zero-order valence-corrected chi connectivity index (χ0v) is 18.6. The van der Waals surface area contributed by atoms with Gasteiger partial charge in [0.2, 0.25) is 5.91 Å². The van der Waals surface area contributed by atoms with E-state index in [0.717, 1.165) is 27.4 Å². The first-order valence-corrected chi connectivity index (χ1v) is 11.6. The number of carbonyl (C=O) groups excluding carboxylic acids is 2. The monoisotopic (exact) mass is 445 g/mol. The maximum atomic E-state index is 14.1. The van der Waals surface area contributed by atoms with Gasteiger partial charge in [0.05, 0.1) is 22.4 Å². The molecule has 1 aliphatic heterocycles.